The molecule has 0 aliphatic heterocycles. The molecule has 3 N–H and O–H groups in total. The van der Waals surface area contributed by atoms with Crippen molar-refractivity contribution in [1.82, 2.24) is 4.98 Å². The fourth-order valence-corrected chi connectivity index (χ4v) is 1.40. The van der Waals surface area contributed by atoms with Crippen LogP contribution in [0, 0.1) is 10.1 Å². The zero-order chi connectivity index (χ0) is 15.1. The summed E-state index contributed by atoms with van der Waals surface area (Å²) >= 11 is 0. The van der Waals surface area contributed by atoms with Gasteiger partial charge in [0, 0.05) is 12.6 Å². The number of anilines is 1. The molecule has 0 saturated heterocycles. The van der Waals surface area contributed by atoms with Gasteiger partial charge in [-0.25, -0.2) is 4.98 Å². The predicted octanol–water partition coefficient (Wildman–Crippen LogP) is 0.454. The minimum Gasteiger partial charge on any atom is -0.466 e. The highest BCUT2D eigenvalue weighted by atomic mass is 16.6. The number of ether oxygens (including phenoxy) is 1. The summed E-state index contributed by atoms with van der Waals surface area (Å²) in [4.78, 5) is 36.0. The van der Waals surface area contributed by atoms with Gasteiger partial charge in [0.05, 0.1) is 23.5 Å². The second-order valence-corrected chi connectivity index (χ2v) is 3.69. The Morgan fingerprint density at radius 3 is 2.80 bits per heavy atom. The average molecular weight is 282 g/mol. The summed E-state index contributed by atoms with van der Waals surface area (Å²) in [5.41, 5.74) is 4.68. The maximum absolute atomic E-state index is 11.2. The van der Waals surface area contributed by atoms with Crippen LogP contribution in [-0.4, -0.2) is 34.9 Å². The third-order valence-corrected chi connectivity index (χ3v) is 2.28. The van der Waals surface area contributed by atoms with Gasteiger partial charge in [-0.2, -0.15) is 0 Å². The van der Waals surface area contributed by atoms with Crippen LogP contribution in [0.15, 0.2) is 12.3 Å². The van der Waals surface area contributed by atoms with E-state index in [1.54, 1.807) is 6.92 Å². The molecule has 1 heterocycles. The Morgan fingerprint density at radius 1 is 1.55 bits per heavy atom. The molecule has 108 valence electrons. The van der Waals surface area contributed by atoms with Gasteiger partial charge in [0.25, 0.3) is 11.6 Å². The number of nitrogens with one attached hydrogen (secondary N) is 1. The summed E-state index contributed by atoms with van der Waals surface area (Å²) in [6.07, 6.45) is 1.07. The Bertz CT molecular complexity index is 532. The maximum Gasteiger partial charge on any atom is 0.307 e. The van der Waals surface area contributed by atoms with Crippen molar-refractivity contribution >= 4 is 23.4 Å². The molecule has 0 saturated carbocycles. The molecule has 0 bridgehead atoms. The highest BCUT2D eigenvalue weighted by Crippen LogP contribution is 2.18. The van der Waals surface area contributed by atoms with Gasteiger partial charge in [-0.1, -0.05) is 0 Å². The van der Waals surface area contributed by atoms with Crippen molar-refractivity contribution < 1.29 is 19.2 Å². The van der Waals surface area contributed by atoms with Crippen LogP contribution in [0.5, 0.6) is 0 Å². The van der Waals surface area contributed by atoms with Gasteiger partial charge in [-0.15, -0.1) is 0 Å². The number of rotatable bonds is 7. The molecule has 1 aromatic heterocycles. The van der Waals surface area contributed by atoms with E-state index in [9.17, 15) is 19.7 Å². The third kappa shape index (κ3) is 4.19. The molecule has 1 aromatic rings. The van der Waals surface area contributed by atoms with E-state index >= 15 is 0 Å². The van der Waals surface area contributed by atoms with Crippen molar-refractivity contribution in [2.75, 3.05) is 18.5 Å². The molecular formula is C11H14N4O5. The Balaban J connectivity index is 2.77. The maximum atomic E-state index is 11.2. The number of amides is 1. The lowest BCUT2D eigenvalue weighted by Crippen LogP contribution is -2.18. The van der Waals surface area contributed by atoms with E-state index in [0.717, 1.165) is 12.3 Å². The summed E-state index contributed by atoms with van der Waals surface area (Å²) in [5.74, 6) is -1.16. The molecule has 0 aliphatic carbocycles. The van der Waals surface area contributed by atoms with Crippen molar-refractivity contribution in [3.63, 3.8) is 0 Å². The first-order valence-electron chi connectivity index (χ1n) is 5.79. The fraction of sp³-hybridized carbons (Fsp3) is 0.364. The monoisotopic (exact) mass is 282 g/mol. The van der Waals surface area contributed by atoms with Crippen LogP contribution in [0.2, 0.25) is 0 Å². The van der Waals surface area contributed by atoms with Gasteiger partial charge in [0.2, 0.25) is 0 Å². The van der Waals surface area contributed by atoms with E-state index in [1.165, 1.54) is 0 Å². The summed E-state index contributed by atoms with van der Waals surface area (Å²) in [5, 5.41) is 13.3. The number of nitrogens with two attached hydrogens (primary N) is 1. The largest absolute Gasteiger partial charge is 0.466 e. The van der Waals surface area contributed by atoms with E-state index in [-0.39, 0.29) is 36.6 Å². The summed E-state index contributed by atoms with van der Waals surface area (Å²) < 4.78 is 4.73. The zero-order valence-corrected chi connectivity index (χ0v) is 10.8. The van der Waals surface area contributed by atoms with Gasteiger partial charge in [0.15, 0.2) is 0 Å². The van der Waals surface area contributed by atoms with Crippen molar-refractivity contribution in [2.45, 2.75) is 13.3 Å². The number of pyridine rings is 1. The van der Waals surface area contributed by atoms with Crippen LogP contribution in [0.4, 0.5) is 11.5 Å². The Kier molecular flexibility index (Phi) is 5.39. The topological polar surface area (TPSA) is 137 Å². The van der Waals surface area contributed by atoms with Crippen LogP contribution >= 0.6 is 0 Å². The van der Waals surface area contributed by atoms with E-state index in [1.807, 2.05) is 0 Å². The van der Waals surface area contributed by atoms with Crippen LogP contribution in [-0.2, 0) is 9.53 Å². The van der Waals surface area contributed by atoms with Gasteiger partial charge in [-0.3, -0.25) is 19.7 Å². The number of aromatic nitrogens is 1. The number of esters is 1. The quantitative estimate of drug-likeness (QED) is 0.420. The average Bonchev–Trinajstić information content (AvgIpc) is 2.38. The lowest BCUT2D eigenvalue weighted by atomic mass is 10.2. The molecular weight excluding hydrogens is 268 g/mol. The summed E-state index contributed by atoms with van der Waals surface area (Å²) in [7, 11) is 0. The molecule has 0 atom stereocenters. The number of carbonyl (C=O) groups is 2. The molecule has 9 nitrogen and oxygen atoms in total. The second kappa shape index (κ2) is 7.02. The van der Waals surface area contributed by atoms with Gasteiger partial charge < -0.3 is 15.8 Å². The number of nitrogens with zero attached hydrogens (tertiary/aromatic N) is 2. The summed E-state index contributed by atoms with van der Waals surface area (Å²) in [6, 6.07) is 1.03. The molecule has 9 heteroatoms. The molecule has 0 aliphatic rings. The van der Waals surface area contributed by atoms with Crippen LogP contribution in [0.1, 0.15) is 23.7 Å². The Hall–Kier alpha value is -2.71. The predicted molar refractivity (Wildman–Crippen MR) is 69.1 cm³/mol. The van der Waals surface area contributed by atoms with E-state index in [4.69, 9.17) is 10.5 Å². The lowest BCUT2D eigenvalue weighted by Gasteiger charge is -2.08. The first-order chi connectivity index (χ1) is 9.45. The smallest absolute Gasteiger partial charge is 0.307 e. The van der Waals surface area contributed by atoms with Crippen LogP contribution in [0.3, 0.4) is 0 Å². The fourth-order valence-electron chi connectivity index (χ4n) is 1.40. The van der Waals surface area contributed by atoms with Crippen molar-refractivity contribution in [1.29, 1.82) is 0 Å². The molecule has 1 amide bonds. The number of hydrogen-bond acceptors (Lipinski definition) is 7. The van der Waals surface area contributed by atoms with Crippen LogP contribution in [0.25, 0.3) is 0 Å². The van der Waals surface area contributed by atoms with Gasteiger partial charge in [-0.05, 0) is 6.92 Å². The standard InChI is InChI=1S/C11H14N4O5/c1-2-20-9(16)3-4-13-11-8(10(12)17)5-7(6-14-11)15(18)19/h5-6H,2-4H2,1H3,(H2,12,17)(H,13,14). The number of carbonyl (C=O) groups excluding carboxylic acids is 2. The van der Waals surface area contributed by atoms with Crippen molar-refractivity contribution in [2.24, 2.45) is 5.73 Å². The SMILES string of the molecule is CCOC(=O)CCNc1ncc([N+](=O)[O-])cc1C(N)=O. The number of nitro groups is 1. The Morgan fingerprint density at radius 2 is 2.25 bits per heavy atom. The van der Waals surface area contributed by atoms with E-state index in [0.29, 0.717) is 0 Å². The van der Waals surface area contributed by atoms with Gasteiger partial charge in [0.1, 0.15) is 12.0 Å². The van der Waals surface area contributed by atoms with Crippen molar-refractivity contribution in [3.8, 4) is 0 Å². The molecule has 20 heavy (non-hydrogen) atoms. The van der Waals surface area contributed by atoms with E-state index in [2.05, 4.69) is 10.3 Å². The molecule has 1 rings (SSSR count). The first-order valence-corrected chi connectivity index (χ1v) is 5.79. The minimum atomic E-state index is -0.847. The molecule has 0 spiro atoms. The Labute approximate surface area is 114 Å². The highest BCUT2D eigenvalue weighted by molar-refractivity contribution is 5.98. The third-order valence-electron chi connectivity index (χ3n) is 2.28. The molecule has 0 fully saturated rings. The molecule has 0 radical (unpaired) electrons. The van der Waals surface area contributed by atoms with Gasteiger partial charge >= 0.3 is 5.97 Å². The normalized spacial score (nSPS) is 9.85. The molecule has 0 unspecified atom stereocenters. The minimum absolute atomic E-state index is 0.0741. The van der Waals surface area contributed by atoms with Crippen LogP contribution < -0.4 is 11.1 Å². The molecule has 0 aromatic carbocycles. The zero-order valence-electron chi connectivity index (χ0n) is 10.8. The number of primary amides is 1. The van der Waals surface area contributed by atoms with E-state index < -0.39 is 16.8 Å². The first kappa shape index (κ1) is 15.3. The second-order valence-electron chi connectivity index (χ2n) is 3.69. The number of hydrogen-bond donors (Lipinski definition) is 2. The lowest BCUT2D eigenvalue weighted by molar-refractivity contribution is -0.385. The summed E-state index contributed by atoms with van der Waals surface area (Å²) in [6.45, 7) is 2.14. The van der Waals surface area contributed by atoms with Crippen molar-refractivity contribution in [3.05, 3.63) is 27.9 Å². The highest BCUT2D eigenvalue weighted by Gasteiger charge is 2.16.